The summed E-state index contributed by atoms with van der Waals surface area (Å²) >= 11 is 11.7. The van der Waals surface area contributed by atoms with Crippen molar-refractivity contribution in [2.75, 3.05) is 0 Å². The number of hydrogen-bond acceptors (Lipinski definition) is 3. The monoisotopic (exact) mass is 350 g/mol. The van der Waals surface area contributed by atoms with Gasteiger partial charge in [0, 0.05) is 10.0 Å². The average molecular weight is 351 g/mol. The van der Waals surface area contributed by atoms with E-state index in [9.17, 15) is 4.79 Å². The molecule has 0 fully saturated rings. The fourth-order valence-corrected chi connectivity index (χ4v) is 2.06. The van der Waals surface area contributed by atoms with E-state index in [2.05, 4.69) is 10.5 Å². The molecule has 120 valence electrons. The highest BCUT2D eigenvalue weighted by Crippen LogP contribution is 2.21. The lowest BCUT2D eigenvalue weighted by Gasteiger charge is -2.24. The normalized spacial score (nSPS) is 11.5. The zero-order valence-electron chi connectivity index (χ0n) is 12.7. The van der Waals surface area contributed by atoms with Crippen LogP contribution in [-0.2, 0) is 4.79 Å². The number of hydrogen-bond donors (Lipinski definition) is 1. The minimum atomic E-state index is -1.08. The Morgan fingerprint density at radius 3 is 2.48 bits per heavy atom. The van der Waals surface area contributed by atoms with Gasteiger partial charge in [-0.2, -0.15) is 5.10 Å². The van der Waals surface area contributed by atoms with Crippen molar-refractivity contribution in [2.24, 2.45) is 5.10 Å². The molecule has 0 radical (unpaired) electrons. The van der Waals surface area contributed by atoms with Gasteiger partial charge in [0.2, 0.25) is 0 Å². The summed E-state index contributed by atoms with van der Waals surface area (Å²) in [5, 5.41) is 5.13. The maximum atomic E-state index is 12.2. The van der Waals surface area contributed by atoms with Crippen LogP contribution in [0.2, 0.25) is 10.0 Å². The van der Waals surface area contributed by atoms with Crippen LogP contribution in [0.1, 0.15) is 19.4 Å². The van der Waals surface area contributed by atoms with Gasteiger partial charge < -0.3 is 4.74 Å². The third-order valence-corrected chi connectivity index (χ3v) is 3.45. The Kier molecular flexibility index (Phi) is 5.64. The smallest absolute Gasteiger partial charge is 0.283 e. The molecule has 4 nitrogen and oxygen atoms in total. The molecule has 0 aliphatic heterocycles. The number of nitrogens with zero attached hydrogens (tertiary/aromatic N) is 1. The minimum absolute atomic E-state index is 0.370. The maximum Gasteiger partial charge on any atom is 0.283 e. The number of carbonyl (C=O) groups is 1. The largest absolute Gasteiger partial charge is 0.478 e. The third-order valence-electron chi connectivity index (χ3n) is 2.96. The Bertz CT molecular complexity index is 713. The van der Waals surface area contributed by atoms with Gasteiger partial charge in [0.15, 0.2) is 5.60 Å². The van der Waals surface area contributed by atoms with Crippen LogP contribution in [0.3, 0.4) is 0 Å². The lowest BCUT2D eigenvalue weighted by Crippen LogP contribution is -2.44. The quantitative estimate of drug-likeness (QED) is 0.645. The number of nitrogens with one attached hydrogen (secondary N) is 1. The van der Waals surface area contributed by atoms with Gasteiger partial charge in [-0.15, -0.1) is 0 Å². The van der Waals surface area contributed by atoms with Crippen LogP contribution in [0.15, 0.2) is 53.6 Å². The van der Waals surface area contributed by atoms with Crippen molar-refractivity contribution >= 4 is 35.3 Å². The van der Waals surface area contributed by atoms with Gasteiger partial charge in [-0.05, 0) is 55.8 Å². The lowest BCUT2D eigenvalue weighted by atomic mass is 10.1. The van der Waals surface area contributed by atoms with Gasteiger partial charge in [-0.1, -0.05) is 35.3 Å². The van der Waals surface area contributed by atoms with E-state index in [1.165, 1.54) is 6.21 Å². The number of rotatable bonds is 5. The summed E-state index contributed by atoms with van der Waals surface area (Å²) in [4.78, 5) is 12.2. The van der Waals surface area contributed by atoms with Crippen LogP contribution in [0, 0.1) is 0 Å². The SMILES string of the molecule is CC(C)(Oc1ccc(Cl)cc1)C(=O)N/N=C/c1cccc(Cl)c1. The van der Waals surface area contributed by atoms with E-state index in [-0.39, 0.29) is 5.91 Å². The van der Waals surface area contributed by atoms with E-state index < -0.39 is 5.60 Å². The average Bonchev–Trinajstić information content (AvgIpc) is 2.49. The van der Waals surface area contributed by atoms with E-state index in [1.54, 1.807) is 56.3 Å². The second-order valence-electron chi connectivity index (χ2n) is 5.32. The van der Waals surface area contributed by atoms with Crippen molar-refractivity contribution in [3.05, 3.63) is 64.1 Å². The van der Waals surface area contributed by atoms with Crippen LogP contribution in [0.5, 0.6) is 5.75 Å². The molecule has 0 aromatic heterocycles. The zero-order chi connectivity index (χ0) is 16.9. The van der Waals surface area contributed by atoms with Gasteiger partial charge in [0.25, 0.3) is 5.91 Å². The molecule has 0 aliphatic carbocycles. The molecule has 2 aromatic rings. The number of halogens is 2. The van der Waals surface area contributed by atoms with Crippen molar-refractivity contribution in [2.45, 2.75) is 19.4 Å². The predicted molar refractivity (Wildman–Crippen MR) is 93.3 cm³/mol. The van der Waals surface area contributed by atoms with Crippen LogP contribution in [0.25, 0.3) is 0 Å². The summed E-state index contributed by atoms with van der Waals surface area (Å²) in [6, 6.07) is 13.9. The first kappa shape index (κ1) is 17.3. The van der Waals surface area contributed by atoms with Crippen LogP contribution < -0.4 is 10.2 Å². The molecule has 0 saturated heterocycles. The van der Waals surface area contributed by atoms with Gasteiger partial charge >= 0.3 is 0 Å². The molecule has 0 bridgehead atoms. The molecule has 0 spiro atoms. The lowest BCUT2D eigenvalue weighted by molar-refractivity contribution is -0.134. The fraction of sp³-hybridized carbons (Fsp3) is 0.176. The zero-order valence-corrected chi connectivity index (χ0v) is 14.2. The number of hydrazone groups is 1. The van der Waals surface area contributed by atoms with Crippen molar-refractivity contribution in [1.29, 1.82) is 0 Å². The fourth-order valence-electron chi connectivity index (χ4n) is 1.73. The Morgan fingerprint density at radius 1 is 1.13 bits per heavy atom. The van der Waals surface area contributed by atoms with Gasteiger partial charge in [0.1, 0.15) is 5.75 Å². The number of carbonyl (C=O) groups excluding carboxylic acids is 1. The Morgan fingerprint density at radius 2 is 1.83 bits per heavy atom. The van der Waals surface area contributed by atoms with Crippen molar-refractivity contribution in [1.82, 2.24) is 5.43 Å². The molecule has 2 aromatic carbocycles. The molecule has 23 heavy (non-hydrogen) atoms. The van der Waals surface area contributed by atoms with Gasteiger partial charge in [-0.25, -0.2) is 5.43 Å². The van der Waals surface area contributed by atoms with E-state index in [0.717, 1.165) is 5.56 Å². The standard InChI is InChI=1S/C17H16Cl2N2O2/c1-17(2,23-15-8-6-13(18)7-9-15)16(22)21-20-11-12-4-3-5-14(19)10-12/h3-11H,1-2H3,(H,21,22)/b20-11+. The number of benzene rings is 2. The van der Waals surface area contributed by atoms with Crippen molar-refractivity contribution < 1.29 is 9.53 Å². The molecule has 0 aliphatic rings. The molecular weight excluding hydrogens is 335 g/mol. The highest BCUT2D eigenvalue weighted by Gasteiger charge is 2.29. The number of amides is 1. The topological polar surface area (TPSA) is 50.7 Å². The molecule has 1 amide bonds. The first-order chi connectivity index (χ1) is 10.9. The Balaban J connectivity index is 1.96. The molecule has 0 saturated carbocycles. The molecule has 1 N–H and O–H groups in total. The summed E-state index contributed by atoms with van der Waals surface area (Å²) in [6.07, 6.45) is 1.52. The van der Waals surface area contributed by atoms with Crippen LogP contribution in [-0.4, -0.2) is 17.7 Å². The predicted octanol–water partition coefficient (Wildman–Crippen LogP) is 4.30. The van der Waals surface area contributed by atoms with Crippen molar-refractivity contribution in [3.8, 4) is 5.75 Å². The molecule has 0 atom stereocenters. The second kappa shape index (κ2) is 7.49. The first-order valence-electron chi connectivity index (χ1n) is 6.90. The van der Waals surface area contributed by atoms with Crippen molar-refractivity contribution in [3.63, 3.8) is 0 Å². The van der Waals surface area contributed by atoms with E-state index in [1.807, 2.05) is 6.07 Å². The first-order valence-corrected chi connectivity index (χ1v) is 7.66. The molecule has 6 heteroatoms. The van der Waals surface area contributed by atoms with Gasteiger partial charge in [0.05, 0.1) is 6.21 Å². The summed E-state index contributed by atoms with van der Waals surface area (Å²) in [7, 11) is 0. The molecule has 0 heterocycles. The summed E-state index contributed by atoms with van der Waals surface area (Å²) in [5.74, 6) is 0.180. The van der Waals surface area contributed by atoms with E-state index >= 15 is 0 Å². The molecular formula is C17H16Cl2N2O2. The van der Waals surface area contributed by atoms with Gasteiger partial charge in [-0.3, -0.25) is 4.79 Å². The van der Waals surface area contributed by atoms with E-state index in [4.69, 9.17) is 27.9 Å². The highest BCUT2D eigenvalue weighted by atomic mass is 35.5. The van der Waals surface area contributed by atoms with Crippen LogP contribution in [0.4, 0.5) is 0 Å². The molecule has 2 rings (SSSR count). The minimum Gasteiger partial charge on any atom is -0.478 e. The summed E-state index contributed by atoms with van der Waals surface area (Å²) < 4.78 is 5.67. The maximum absolute atomic E-state index is 12.2. The Labute approximate surface area is 145 Å². The summed E-state index contributed by atoms with van der Waals surface area (Å²) in [5.41, 5.74) is 2.16. The third kappa shape index (κ3) is 5.27. The van der Waals surface area contributed by atoms with E-state index in [0.29, 0.717) is 15.8 Å². The Hall–Kier alpha value is -2.04. The molecule has 0 unspecified atom stereocenters. The highest BCUT2D eigenvalue weighted by molar-refractivity contribution is 6.31. The second-order valence-corrected chi connectivity index (χ2v) is 6.19. The van der Waals surface area contributed by atoms with Crippen LogP contribution >= 0.6 is 23.2 Å². The number of ether oxygens (including phenoxy) is 1. The summed E-state index contributed by atoms with van der Waals surface area (Å²) in [6.45, 7) is 3.32.